The quantitative estimate of drug-likeness (QED) is 0.720. The molecule has 0 N–H and O–H groups in total. The van der Waals surface area contributed by atoms with E-state index in [-0.39, 0.29) is 5.28 Å². The van der Waals surface area contributed by atoms with E-state index in [1.807, 2.05) is 7.05 Å². The predicted octanol–water partition coefficient (Wildman–Crippen LogP) is 0.994. The standard InChI is InChI=1S/C11H12ClN5O/c1-16-9-8(3-13-16)14-11(12)15-10(9)17-4-7-2-6(17)5-18-7/h3,6-7H,2,4-5H2,1H3/t6-,7-/m0/s1. The molecule has 0 unspecified atom stereocenters. The van der Waals surface area contributed by atoms with Crippen LogP contribution in [0.3, 0.4) is 0 Å². The van der Waals surface area contributed by atoms with Crippen LogP contribution < -0.4 is 4.90 Å². The molecule has 2 aliphatic heterocycles. The average Bonchev–Trinajstić information content (AvgIpc) is 3.04. The zero-order valence-corrected chi connectivity index (χ0v) is 10.6. The molecule has 0 aromatic carbocycles. The number of fused-ring (bicyclic) bond motifs is 3. The van der Waals surface area contributed by atoms with Crippen molar-refractivity contribution in [2.45, 2.75) is 18.6 Å². The number of ether oxygens (including phenoxy) is 1. The molecule has 2 aromatic rings. The SMILES string of the molecule is Cn1ncc2nc(Cl)nc(N3C[C@@H]4C[C@H]3CO4)c21. The zero-order valence-electron chi connectivity index (χ0n) is 9.88. The Hall–Kier alpha value is -1.40. The van der Waals surface area contributed by atoms with Crippen molar-refractivity contribution in [1.82, 2.24) is 19.7 Å². The molecule has 0 amide bonds. The smallest absolute Gasteiger partial charge is 0.225 e. The molecule has 94 valence electrons. The van der Waals surface area contributed by atoms with Crippen LogP contribution in [0.4, 0.5) is 5.82 Å². The van der Waals surface area contributed by atoms with Crippen LogP contribution in [-0.2, 0) is 11.8 Å². The van der Waals surface area contributed by atoms with Crippen LogP contribution in [0.2, 0.25) is 5.28 Å². The molecule has 4 rings (SSSR count). The third kappa shape index (κ3) is 1.36. The molecular weight excluding hydrogens is 254 g/mol. The third-order valence-electron chi connectivity index (χ3n) is 3.71. The average molecular weight is 266 g/mol. The van der Waals surface area contributed by atoms with Crippen LogP contribution in [0.5, 0.6) is 0 Å². The topological polar surface area (TPSA) is 56.1 Å². The van der Waals surface area contributed by atoms with E-state index in [1.165, 1.54) is 0 Å². The fourth-order valence-electron chi connectivity index (χ4n) is 2.89. The first-order valence-corrected chi connectivity index (χ1v) is 6.33. The summed E-state index contributed by atoms with van der Waals surface area (Å²) in [6.07, 6.45) is 3.12. The van der Waals surface area contributed by atoms with Crippen molar-refractivity contribution in [3.63, 3.8) is 0 Å². The predicted molar refractivity (Wildman–Crippen MR) is 66.8 cm³/mol. The Bertz CT molecular complexity index is 627. The third-order valence-corrected chi connectivity index (χ3v) is 3.88. The van der Waals surface area contributed by atoms with Crippen LogP contribution in [0.1, 0.15) is 6.42 Å². The van der Waals surface area contributed by atoms with Crippen LogP contribution >= 0.6 is 11.6 Å². The molecule has 2 saturated heterocycles. The first-order chi connectivity index (χ1) is 8.72. The highest BCUT2D eigenvalue weighted by atomic mass is 35.5. The Balaban J connectivity index is 1.91. The Labute approximate surface area is 109 Å². The molecule has 4 heterocycles. The fraction of sp³-hybridized carbons (Fsp3) is 0.545. The second kappa shape index (κ2) is 3.55. The monoisotopic (exact) mass is 265 g/mol. The molecule has 0 radical (unpaired) electrons. The van der Waals surface area contributed by atoms with Crippen molar-refractivity contribution < 1.29 is 4.74 Å². The number of hydrogen-bond donors (Lipinski definition) is 0. The normalized spacial score (nSPS) is 26.4. The van der Waals surface area contributed by atoms with Gasteiger partial charge in [0.2, 0.25) is 5.28 Å². The Morgan fingerprint density at radius 2 is 2.33 bits per heavy atom. The maximum Gasteiger partial charge on any atom is 0.225 e. The molecule has 2 fully saturated rings. The number of nitrogens with zero attached hydrogens (tertiary/aromatic N) is 5. The number of morpholine rings is 1. The summed E-state index contributed by atoms with van der Waals surface area (Å²) in [6.45, 7) is 1.64. The molecule has 2 aliphatic rings. The molecule has 18 heavy (non-hydrogen) atoms. The van der Waals surface area contributed by atoms with Gasteiger partial charge in [-0.25, -0.2) is 4.98 Å². The zero-order chi connectivity index (χ0) is 12.3. The van der Waals surface area contributed by atoms with E-state index in [0.29, 0.717) is 12.1 Å². The van der Waals surface area contributed by atoms with E-state index in [9.17, 15) is 0 Å². The summed E-state index contributed by atoms with van der Waals surface area (Å²) in [5.74, 6) is 0.876. The number of hydrogen-bond acceptors (Lipinski definition) is 5. The lowest BCUT2D eigenvalue weighted by Crippen LogP contribution is -2.37. The van der Waals surface area contributed by atoms with E-state index in [2.05, 4.69) is 20.0 Å². The fourth-order valence-corrected chi connectivity index (χ4v) is 3.06. The van der Waals surface area contributed by atoms with Gasteiger partial charge in [0, 0.05) is 13.6 Å². The highest BCUT2D eigenvalue weighted by molar-refractivity contribution is 6.28. The summed E-state index contributed by atoms with van der Waals surface area (Å²) >= 11 is 6.00. The summed E-state index contributed by atoms with van der Waals surface area (Å²) in [7, 11) is 1.90. The van der Waals surface area contributed by atoms with E-state index in [4.69, 9.17) is 16.3 Å². The summed E-state index contributed by atoms with van der Waals surface area (Å²) in [5.41, 5.74) is 1.73. The highest BCUT2D eigenvalue weighted by Gasteiger charge is 2.40. The van der Waals surface area contributed by atoms with Crippen molar-refractivity contribution in [3.05, 3.63) is 11.5 Å². The number of rotatable bonds is 1. The van der Waals surface area contributed by atoms with E-state index < -0.39 is 0 Å². The van der Waals surface area contributed by atoms with Gasteiger partial charge >= 0.3 is 0 Å². The lowest BCUT2D eigenvalue weighted by Gasteiger charge is -2.28. The number of halogens is 1. The van der Waals surface area contributed by atoms with Crippen molar-refractivity contribution in [1.29, 1.82) is 0 Å². The Morgan fingerprint density at radius 1 is 1.44 bits per heavy atom. The van der Waals surface area contributed by atoms with Gasteiger partial charge in [-0.1, -0.05) is 0 Å². The lowest BCUT2D eigenvalue weighted by molar-refractivity contribution is 0.0989. The van der Waals surface area contributed by atoms with Crippen LogP contribution in [0.25, 0.3) is 11.0 Å². The molecule has 2 aromatic heterocycles. The second-order valence-corrected chi connectivity index (χ2v) is 5.15. The molecule has 0 aliphatic carbocycles. The van der Waals surface area contributed by atoms with Gasteiger partial charge in [0.05, 0.1) is 24.9 Å². The van der Waals surface area contributed by atoms with E-state index >= 15 is 0 Å². The number of aromatic nitrogens is 4. The molecule has 0 spiro atoms. The first-order valence-electron chi connectivity index (χ1n) is 5.96. The maximum atomic E-state index is 6.00. The molecule has 0 saturated carbocycles. The van der Waals surface area contributed by atoms with Gasteiger partial charge < -0.3 is 9.64 Å². The van der Waals surface area contributed by atoms with Gasteiger partial charge in [0.25, 0.3) is 0 Å². The van der Waals surface area contributed by atoms with Crippen molar-refractivity contribution in [2.24, 2.45) is 7.05 Å². The molecular formula is C11H12ClN5O. The molecule has 6 nitrogen and oxygen atoms in total. The lowest BCUT2D eigenvalue weighted by atomic mass is 10.2. The molecule has 2 atom stereocenters. The van der Waals surface area contributed by atoms with Crippen LogP contribution in [0.15, 0.2) is 6.20 Å². The van der Waals surface area contributed by atoms with Gasteiger partial charge in [-0.3, -0.25) is 4.68 Å². The minimum Gasteiger partial charge on any atom is -0.374 e. The minimum absolute atomic E-state index is 0.272. The van der Waals surface area contributed by atoms with Crippen LogP contribution in [0, 0.1) is 0 Å². The van der Waals surface area contributed by atoms with Crippen molar-refractivity contribution >= 4 is 28.5 Å². The summed E-state index contributed by atoms with van der Waals surface area (Å²) in [5, 5.41) is 4.50. The summed E-state index contributed by atoms with van der Waals surface area (Å²) in [4.78, 5) is 10.9. The first kappa shape index (κ1) is 10.5. The number of aryl methyl sites for hydroxylation is 1. The Kier molecular flexibility index (Phi) is 2.07. The molecule has 7 heteroatoms. The summed E-state index contributed by atoms with van der Waals surface area (Å²) in [6, 6.07) is 0.402. The van der Waals surface area contributed by atoms with Gasteiger partial charge in [0.15, 0.2) is 5.82 Å². The van der Waals surface area contributed by atoms with Gasteiger partial charge in [-0.15, -0.1) is 0 Å². The van der Waals surface area contributed by atoms with E-state index in [0.717, 1.165) is 36.4 Å². The van der Waals surface area contributed by atoms with Crippen molar-refractivity contribution in [2.75, 3.05) is 18.1 Å². The Morgan fingerprint density at radius 3 is 3.06 bits per heavy atom. The highest BCUT2D eigenvalue weighted by Crippen LogP contribution is 2.35. The van der Waals surface area contributed by atoms with Crippen molar-refractivity contribution in [3.8, 4) is 0 Å². The van der Waals surface area contributed by atoms with E-state index in [1.54, 1.807) is 10.9 Å². The second-order valence-electron chi connectivity index (χ2n) is 4.82. The van der Waals surface area contributed by atoms with Gasteiger partial charge in [0.1, 0.15) is 11.0 Å². The maximum absolute atomic E-state index is 6.00. The minimum atomic E-state index is 0.272. The van der Waals surface area contributed by atoms with Gasteiger partial charge in [-0.2, -0.15) is 10.1 Å². The molecule has 2 bridgehead atoms. The number of anilines is 1. The summed E-state index contributed by atoms with van der Waals surface area (Å²) < 4.78 is 7.42. The largest absolute Gasteiger partial charge is 0.374 e. The van der Waals surface area contributed by atoms with Crippen LogP contribution in [-0.4, -0.2) is 45.0 Å². The van der Waals surface area contributed by atoms with Gasteiger partial charge in [-0.05, 0) is 18.0 Å².